The van der Waals surface area contributed by atoms with E-state index in [1.807, 2.05) is 29.8 Å². The van der Waals surface area contributed by atoms with Crippen LogP contribution in [0.5, 0.6) is 0 Å². The molecule has 0 amide bonds. The molecule has 8 aromatic rings. The Bertz CT molecular complexity index is 2690. The molecule has 0 N–H and O–H groups in total. The normalized spacial score (nSPS) is 17.0. The number of hydrogen-bond acceptors (Lipinski definition) is 3. The van der Waals surface area contributed by atoms with Crippen LogP contribution in [0.1, 0.15) is 43.9 Å². The Labute approximate surface area is 283 Å². The molecule has 4 aromatic carbocycles. The van der Waals surface area contributed by atoms with Gasteiger partial charge < -0.3 is 0 Å². The van der Waals surface area contributed by atoms with Crippen molar-refractivity contribution in [3.05, 3.63) is 150 Å². The summed E-state index contributed by atoms with van der Waals surface area (Å²) in [7, 11) is 0. The molecular weight excluding hydrogens is 603 g/mol. The molecule has 0 fully saturated rings. The molecule has 0 bridgehead atoms. The third kappa shape index (κ3) is 4.06. The monoisotopic (exact) mass is 635 g/mol. The van der Waals surface area contributed by atoms with E-state index in [-0.39, 0.29) is 5.41 Å². The fourth-order valence-corrected chi connectivity index (χ4v) is 9.33. The van der Waals surface area contributed by atoms with Crippen molar-refractivity contribution in [1.82, 2.24) is 14.4 Å². The third-order valence-electron chi connectivity index (χ3n) is 10.8. The Morgan fingerprint density at radius 2 is 1.52 bits per heavy atom. The van der Waals surface area contributed by atoms with E-state index in [2.05, 4.69) is 139 Å². The van der Waals surface area contributed by atoms with Gasteiger partial charge in [-0.05, 0) is 121 Å². The first kappa shape index (κ1) is 27.8. The quantitative estimate of drug-likeness (QED) is 0.193. The van der Waals surface area contributed by atoms with Crippen LogP contribution in [0.25, 0.3) is 70.3 Å². The Hall–Kier alpha value is -5.32. The number of rotatable bonds is 3. The summed E-state index contributed by atoms with van der Waals surface area (Å²) in [5.74, 6) is 0.457. The molecular formula is C44H33N3S. The molecule has 2 aliphatic rings. The van der Waals surface area contributed by atoms with Crippen LogP contribution in [0.3, 0.4) is 0 Å². The van der Waals surface area contributed by atoms with E-state index in [1.54, 1.807) is 0 Å². The fourth-order valence-electron chi connectivity index (χ4n) is 8.20. The van der Waals surface area contributed by atoms with Crippen LogP contribution in [0.15, 0.2) is 133 Å². The van der Waals surface area contributed by atoms with Crippen LogP contribution >= 0.6 is 11.3 Å². The molecule has 48 heavy (non-hydrogen) atoms. The zero-order valence-corrected chi connectivity index (χ0v) is 28.0. The maximum atomic E-state index is 4.96. The summed E-state index contributed by atoms with van der Waals surface area (Å²) in [4.78, 5) is 10.6. The topological polar surface area (TPSA) is 30.2 Å². The predicted molar refractivity (Wildman–Crippen MR) is 202 cm³/mol. The van der Waals surface area contributed by atoms with Crippen molar-refractivity contribution in [3.63, 3.8) is 0 Å². The average molecular weight is 636 g/mol. The number of aromatic nitrogens is 3. The molecule has 230 valence electrons. The summed E-state index contributed by atoms with van der Waals surface area (Å²) in [6.07, 6.45) is 9.63. The van der Waals surface area contributed by atoms with Crippen molar-refractivity contribution >= 4 is 59.3 Å². The minimum absolute atomic E-state index is 0.0578. The Balaban J connectivity index is 0.991. The summed E-state index contributed by atoms with van der Waals surface area (Å²) < 4.78 is 3.53. The van der Waals surface area contributed by atoms with Crippen LogP contribution < -0.4 is 0 Å². The molecule has 0 aliphatic heterocycles. The van der Waals surface area contributed by atoms with Gasteiger partial charge in [-0.1, -0.05) is 87.5 Å². The molecule has 2 aliphatic carbocycles. The Morgan fingerprint density at radius 3 is 2.33 bits per heavy atom. The standard InChI is InChI=1S/C44H33N3S/c1-26-19-37-34-16-14-31(22-38(34)44(2,3)39(37)23-36(26)32-7-6-18-45-24-32)29-11-10-28-21-30(13-12-27(28)20-29)33-15-17-41-46-42-35-8-4-5-9-40(35)48-43(42)47(41)25-33/h4-18,20-26H,19H2,1-3H3. The van der Waals surface area contributed by atoms with Gasteiger partial charge in [-0.2, -0.15) is 0 Å². The van der Waals surface area contributed by atoms with E-state index >= 15 is 0 Å². The maximum absolute atomic E-state index is 4.96. The Morgan fingerprint density at radius 1 is 0.771 bits per heavy atom. The van der Waals surface area contributed by atoms with Gasteiger partial charge in [0.2, 0.25) is 0 Å². The first-order chi connectivity index (χ1) is 23.4. The molecule has 1 unspecified atom stereocenters. The molecule has 0 saturated carbocycles. The van der Waals surface area contributed by atoms with E-state index < -0.39 is 0 Å². The van der Waals surface area contributed by atoms with Gasteiger partial charge in [0.1, 0.15) is 16.0 Å². The minimum atomic E-state index is -0.0578. The van der Waals surface area contributed by atoms with E-state index in [9.17, 15) is 0 Å². The molecule has 0 radical (unpaired) electrons. The number of hydrogen-bond donors (Lipinski definition) is 0. The molecule has 4 heteroatoms. The second kappa shape index (κ2) is 10.1. The second-order valence-electron chi connectivity index (χ2n) is 14.0. The van der Waals surface area contributed by atoms with Crippen LogP contribution in [-0.2, 0) is 5.41 Å². The van der Waals surface area contributed by atoms with Crippen molar-refractivity contribution in [2.75, 3.05) is 0 Å². The number of benzene rings is 4. The third-order valence-corrected chi connectivity index (χ3v) is 11.9. The SMILES string of the molecule is CC1CC2=C(C=C1c1cccnc1)C(C)(C)c1cc(-c3ccc4cc(-c5ccc6nc7c8ccccc8sc7n6c5)ccc4c3)ccc12. The molecule has 4 heterocycles. The Kier molecular flexibility index (Phi) is 5.84. The highest BCUT2D eigenvalue weighted by Gasteiger charge is 2.39. The molecule has 1 atom stereocenters. The summed E-state index contributed by atoms with van der Waals surface area (Å²) in [6, 6.07) is 38.0. The van der Waals surface area contributed by atoms with Gasteiger partial charge in [0.15, 0.2) is 0 Å². The van der Waals surface area contributed by atoms with Crippen LogP contribution in [0.4, 0.5) is 0 Å². The first-order valence-electron chi connectivity index (χ1n) is 16.8. The smallest absolute Gasteiger partial charge is 0.138 e. The lowest BCUT2D eigenvalue weighted by atomic mass is 9.75. The number of fused-ring (bicyclic) bond motifs is 8. The van der Waals surface area contributed by atoms with Gasteiger partial charge in [0.05, 0.1) is 0 Å². The van der Waals surface area contributed by atoms with Crippen molar-refractivity contribution < 1.29 is 0 Å². The zero-order chi connectivity index (χ0) is 32.1. The molecule has 0 saturated heterocycles. The highest BCUT2D eigenvalue weighted by Crippen LogP contribution is 2.54. The number of pyridine rings is 2. The largest absolute Gasteiger partial charge is 0.290 e. The predicted octanol–water partition coefficient (Wildman–Crippen LogP) is 11.8. The maximum Gasteiger partial charge on any atom is 0.138 e. The summed E-state index contributed by atoms with van der Waals surface area (Å²) in [6.45, 7) is 7.13. The van der Waals surface area contributed by atoms with Crippen LogP contribution in [0, 0.1) is 5.92 Å². The number of nitrogens with zero attached hydrogens (tertiary/aromatic N) is 3. The highest BCUT2D eigenvalue weighted by atomic mass is 32.1. The first-order valence-corrected chi connectivity index (χ1v) is 17.6. The van der Waals surface area contributed by atoms with Crippen LogP contribution in [-0.4, -0.2) is 14.4 Å². The minimum Gasteiger partial charge on any atom is -0.290 e. The lowest BCUT2D eigenvalue weighted by Crippen LogP contribution is -2.18. The van der Waals surface area contributed by atoms with E-state index in [1.165, 1.54) is 81.4 Å². The molecule has 4 aromatic heterocycles. The van der Waals surface area contributed by atoms with Gasteiger partial charge in [-0.25, -0.2) is 4.98 Å². The van der Waals surface area contributed by atoms with Crippen molar-refractivity contribution in [3.8, 4) is 22.3 Å². The van der Waals surface area contributed by atoms with Gasteiger partial charge in [0, 0.05) is 34.1 Å². The van der Waals surface area contributed by atoms with E-state index in [4.69, 9.17) is 4.98 Å². The van der Waals surface area contributed by atoms with Gasteiger partial charge in [-0.3, -0.25) is 9.38 Å². The van der Waals surface area contributed by atoms with E-state index in [0.717, 1.165) is 17.6 Å². The zero-order valence-electron chi connectivity index (χ0n) is 27.2. The summed E-state index contributed by atoms with van der Waals surface area (Å²) >= 11 is 1.81. The fraction of sp³-hybridized carbons (Fsp3) is 0.136. The molecule has 3 nitrogen and oxygen atoms in total. The lowest BCUT2D eigenvalue weighted by Gasteiger charge is -2.28. The number of allylic oxidation sites excluding steroid dienone is 4. The second-order valence-corrected chi connectivity index (χ2v) is 15.0. The molecule has 0 spiro atoms. The van der Waals surface area contributed by atoms with Crippen LogP contribution in [0.2, 0.25) is 0 Å². The van der Waals surface area contributed by atoms with Gasteiger partial charge in [0.25, 0.3) is 0 Å². The number of imidazole rings is 1. The lowest BCUT2D eigenvalue weighted by molar-refractivity contribution is 0.646. The number of thiophene rings is 1. The summed E-state index contributed by atoms with van der Waals surface area (Å²) in [5, 5.41) is 3.73. The highest BCUT2D eigenvalue weighted by molar-refractivity contribution is 7.25. The van der Waals surface area contributed by atoms with Crippen molar-refractivity contribution in [2.45, 2.75) is 32.6 Å². The van der Waals surface area contributed by atoms with Gasteiger partial charge >= 0.3 is 0 Å². The summed E-state index contributed by atoms with van der Waals surface area (Å²) in [5.41, 5.74) is 15.4. The average Bonchev–Trinajstić information content (AvgIpc) is 3.73. The van der Waals surface area contributed by atoms with E-state index in [0.29, 0.717) is 5.92 Å². The van der Waals surface area contributed by atoms with Gasteiger partial charge in [-0.15, -0.1) is 11.3 Å². The van der Waals surface area contributed by atoms with Crippen molar-refractivity contribution in [2.24, 2.45) is 5.92 Å². The molecule has 10 rings (SSSR count). The van der Waals surface area contributed by atoms with Crippen molar-refractivity contribution in [1.29, 1.82) is 0 Å².